The van der Waals surface area contributed by atoms with Gasteiger partial charge in [-0.05, 0) is 42.2 Å². The molecule has 0 atom stereocenters. The molecule has 0 aliphatic rings. The number of hydrogen-bond acceptors (Lipinski definition) is 3. The van der Waals surface area contributed by atoms with Crippen molar-refractivity contribution in [2.75, 3.05) is 26.7 Å². The van der Waals surface area contributed by atoms with Crippen molar-refractivity contribution < 1.29 is 9.53 Å². The highest BCUT2D eigenvalue weighted by atomic mass is 127. The van der Waals surface area contributed by atoms with Crippen LogP contribution in [0.25, 0.3) is 0 Å². The summed E-state index contributed by atoms with van der Waals surface area (Å²) in [6.07, 6.45) is 1.66. The second-order valence-corrected chi connectivity index (χ2v) is 6.32. The maximum absolute atomic E-state index is 10.7. The van der Waals surface area contributed by atoms with Gasteiger partial charge in [0, 0.05) is 25.2 Å². The molecule has 0 unspecified atom stereocenters. The largest absolute Gasteiger partial charge is 0.484 e. The highest BCUT2D eigenvalue weighted by molar-refractivity contribution is 14.0. The Balaban J connectivity index is 0.00000392. The maximum Gasteiger partial charge on any atom is 0.255 e. The molecule has 4 N–H and O–H groups in total. The molecule has 0 fully saturated rings. The van der Waals surface area contributed by atoms with E-state index in [0.29, 0.717) is 5.75 Å². The number of hydrogen-bond donors (Lipinski definition) is 3. The lowest BCUT2D eigenvalue weighted by Crippen LogP contribution is -2.39. The van der Waals surface area contributed by atoms with Crippen molar-refractivity contribution >= 4 is 47.4 Å². The lowest BCUT2D eigenvalue weighted by Gasteiger charge is -2.12. The molecule has 0 saturated carbocycles. The fraction of sp³-hybridized carbons (Fsp3) is 0.300. The molecule has 28 heavy (non-hydrogen) atoms. The van der Waals surface area contributed by atoms with Gasteiger partial charge in [-0.25, -0.2) is 0 Å². The fourth-order valence-corrected chi connectivity index (χ4v) is 2.70. The van der Waals surface area contributed by atoms with Crippen LogP contribution < -0.4 is 21.1 Å². The number of benzene rings is 2. The number of aliphatic imine (C=N–C) groups is 1. The molecule has 0 aromatic heterocycles. The minimum Gasteiger partial charge on any atom is -0.484 e. The number of carbonyl (C=O) groups is 1. The van der Waals surface area contributed by atoms with Gasteiger partial charge in [-0.3, -0.25) is 9.79 Å². The van der Waals surface area contributed by atoms with Gasteiger partial charge in [0.15, 0.2) is 12.6 Å². The van der Waals surface area contributed by atoms with E-state index in [1.165, 1.54) is 0 Å². The molecule has 152 valence electrons. The average Bonchev–Trinajstić information content (AvgIpc) is 2.67. The van der Waals surface area contributed by atoms with Gasteiger partial charge in [0.1, 0.15) is 5.75 Å². The molecule has 2 aromatic carbocycles. The molecule has 0 heterocycles. The summed E-state index contributed by atoms with van der Waals surface area (Å²) in [4.78, 5) is 14.9. The second kappa shape index (κ2) is 13.2. The van der Waals surface area contributed by atoms with Crippen LogP contribution in [0.15, 0.2) is 53.5 Å². The van der Waals surface area contributed by atoms with Gasteiger partial charge < -0.3 is 21.1 Å². The van der Waals surface area contributed by atoms with Crippen LogP contribution in [0.1, 0.15) is 11.1 Å². The van der Waals surface area contributed by atoms with E-state index < -0.39 is 5.91 Å². The molecule has 0 radical (unpaired) electrons. The predicted octanol–water partition coefficient (Wildman–Crippen LogP) is 2.77. The smallest absolute Gasteiger partial charge is 0.255 e. The number of guanidine groups is 1. The lowest BCUT2D eigenvalue weighted by molar-refractivity contribution is -0.119. The van der Waals surface area contributed by atoms with E-state index in [2.05, 4.69) is 15.6 Å². The zero-order chi connectivity index (χ0) is 19.5. The standard InChI is InChI=1S/C20H25ClN4O2.HI/c1-23-20(25-13-11-16-4-2-3-5-18(16)21)24-12-10-15-6-8-17(9-7-15)27-14-19(22)26;/h2-9H,10-14H2,1H3,(H2,22,26)(H2,23,24,25);1H. The first-order chi connectivity index (χ1) is 13.1. The number of amides is 1. The Morgan fingerprint density at radius 3 is 2.32 bits per heavy atom. The van der Waals surface area contributed by atoms with Gasteiger partial charge in [0.05, 0.1) is 0 Å². The molecular weight excluding hydrogens is 491 g/mol. The number of rotatable bonds is 9. The molecule has 2 rings (SSSR count). The summed E-state index contributed by atoms with van der Waals surface area (Å²) in [7, 11) is 1.75. The number of ether oxygens (including phenoxy) is 1. The van der Waals surface area contributed by atoms with Crippen LogP contribution in [-0.2, 0) is 17.6 Å². The Morgan fingerprint density at radius 1 is 1.07 bits per heavy atom. The van der Waals surface area contributed by atoms with E-state index in [-0.39, 0.29) is 30.6 Å². The van der Waals surface area contributed by atoms with Crippen LogP contribution in [0.4, 0.5) is 0 Å². The average molecular weight is 517 g/mol. The van der Waals surface area contributed by atoms with Gasteiger partial charge in [-0.2, -0.15) is 0 Å². The first-order valence-corrected chi connectivity index (χ1v) is 9.14. The van der Waals surface area contributed by atoms with Crippen LogP contribution in [0, 0.1) is 0 Å². The molecule has 2 aromatic rings. The minimum absolute atomic E-state index is 0. The first-order valence-electron chi connectivity index (χ1n) is 8.76. The quantitative estimate of drug-likeness (QED) is 0.272. The van der Waals surface area contributed by atoms with Crippen LogP contribution in [0.2, 0.25) is 5.02 Å². The van der Waals surface area contributed by atoms with Crippen LogP contribution >= 0.6 is 35.6 Å². The van der Waals surface area contributed by atoms with E-state index in [4.69, 9.17) is 22.1 Å². The number of nitrogens with one attached hydrogen (secondary N) is 2. The molecule has 6 nitrogen and oxygen atoms in total. The van der Waals surface area contributed by atoms with Gasteiger partial charge >= 0.3 is 0 Å². The second-order valence-electron chi connectivity index (χ2n) is 5.92. The van der Waals surface area contributed by atoms with Crippen molar-refractivity contribution in [3.63, 3.8) is 0 Å². The lowest BCUT2D eigenvalue weighted by atomic mass is 10.1. The number of nitrogens with two attached hydrogens (primary N) is 1. The zero-order valence-corrected chi connectivity index (χ0v) is 18.9. The van der Waals surface area contributed by atoms with Crippen molar-refractivity contribution in [1.29, 1.82) is 0 Å². The monoisotopic (exact) mass is 516 g/mol. The Kier molecular flexibility index (Phi) is 11.4. The van der Waals surface area contributed by atoms with Crippen molar-refractivity contribution in [2.45, 2.75) is 12.8 Å². The molecule has 0 aliphatic carbocycles. The van der Waals surface area contributed by atoms with Crippen molar-refractivity contribution in [3.05, 3.63) is 64.7 Å². The molecule has 1 amide bonds. The third kappa shape index (κ3) is 8.79. The Morgan fingerprint density at radius 2 is 1.71 bits per heavy atom. The van der Waals surface area contributed by atoms with Crippen LogP contribution in [-0.4, -0.2) is 38.6 Å². The molecule has 8 heteroatoms. The summed E-state index contributed by atoms with van der Waals surface area (Å²) in [6, 6.07) is 15.4. The number of carbonyl (C=O) groups excluding carboxylic acids is 1. The Hall–Kier alpha value is -2.00. The summed E-state index contributed by atoms with van der Waals surface area (Å²) in [5.74, 6) is 0.891. The number of primary amides is 1. The van der Waals surface area contributed by atoms with Gasteiger partial charge in [0.2, 0.25) is 0 Å². The van der Waals surface area contributed by atoms with Crippen molar-refractivity contribution in [1.82, 2.24) is 10.6 Å². The normalized spacial score (nSPS) is 10.7. The Bertz CT molecular complexity index is 769. The summed E-state index contributed by atoms with van der Waals surface area (Å²) < 4.78 is 5.24. The SMILES string of the molecule is CN=C(NCCc1ccc(OCC(N)=O)cc1)NCCc1ccccc1Cl.I. The summed E-state index contributed by atoms with van der Waals surface area (Å²) in [5, 5.41) is 7.35. The van der Waals surface area contributed by atoms with E-state index in [9.17, 15) is 4.79 Å². The molecular formula is C20H26ClIN4O2. The molecule has 0 bridgehead atoms. The maximum atomic E-state index is 10.7. The highest BCUT2D eigenvalue weighted by Crippen LogP contribution is 2.15. The van der Waals surface area contributed by atoms with E-state index >= 15 is 0 Å². The van der Waals surface area contributed by atoms with Gasteiger partial charge in [-0.1, -0.05) is 41.9 Å². The zero-order valence-electron chi connectivity index (χ0n) is 15.8. The fourth-order valence-electron chi connectivity index (χ4n) is 2.47. The summed E-state index contributed by atoms with van der Waals surface area (Å²) in [5.41, 5.74) is 7.32. The summed E-state index contributed by atoms with van der Waals surface area (Å²) >= 11 is 6.17. The van der Waals surface area contributed by atoms with E-state index in [1.54, 1.807) is 7.05 Å². The summed E-state index contributed by atoms with van der Waals surface area (Å²) in [6.45, 7) is 1.37. The van der Waals surface area contributed by atoms with Crippen LogP contribution in [0.5, 0.6) is 5.75 Å². The van der Waals surface area contributed by atoms with E-state index in [1.807, 2.05) is 48.5 Å². The minimum atomic E-state index is -0.489. The third-order valence-corrected chi connectivity index (χ3v) is 4.25. The Labute approximate surface area is 187 Å². The highest BCUT2D eigenvalue weighted by Gasteiger charge is 2.02. The molecule has 0 saturated heterocycles. The third-order valence-electron chi connectivity index (χ3n) is 3.88. The van der Waals surface area contributed by atoms with Crippen LogP contribution in [0.3, 0.4) is 0 Å². The van der Waals surface area contributed by atoms with Crippen molar-refractivity contribution in [3.8, 4) is 5.75 Å². The predicted molar refractivity (Wildman–Crippen MR) is 125 cm³/mol. The number of halogens is 2. The van der Waals surface area contributed by atoms with E-state index in [0.717, 1.165) is 48.0 Å². The molecule has 0 spiro atoms. The first kappa shape index (κ1) is 24.0. The van der Waals surface area contributed by atoms with Crippen molar-refractivity contribution in [2.24, 2.45) is 10.7 Å². The number of nitrogens with zero attached hydrogens (tertiary/aromatic N) is 1. The van der Waals surface area contributed by atoms with Gasteiger partial charge in [-0.15, -0.1) is 24.0 Å². The van der Waals surface area contributed by atoms with Gasteiger partial charge in [0.25, 0.3) is 5.91 Å². The topological polar surface area (TPSA) is 88.7 Å². The molecule has 0 aliphatic heterocycles.